The Hall–Kier alpha value is -1.67. The maximum Gasteiger partial charge on any atom is 0.335 e. The average molecular weight is 466 g/mol. The van der Waals surface area contributed by atoms with Crippen LogP contribution in [0.15, 0.2) is 0 Å². The number of hydrogen-bond donors (Lipinski definition) is 13. The molecule has 0 saturated heterocycles. The van der Waals surface area contributed by atoms with E-state index in [1.54, 1.807) is 0 Å². The molecule has 186 valence electrons. The minimum atomic E-state index is -2.25. The molecular formula is C15H30O16. The summed E-state index contributed by atoms with van der Waals surface area (Å²) in [6.45, 7) is -1.49. The Balaban J connectivity index is -0.000000405. The fourth-order valence-corrected chi connectivity index (χ4v) is 1.29. The highest BCUT2D eigenvalue weighted by Gasteiger charge is 2.34. The van der Waals surface area contributed by atoms with E-state index in [1.807, 2.05) is 0 Å². The van der Waals surface area contributed by atoms with Gasteiger partial charge in [-0.3, -0.25) is 0 Å². The summed E-state index contributed by atoms with van der Waals surface area (Å²) in [5.74, 6) is -1.76. The number of aliphatic hydroxyl groups excluding tert-OH is 12. The average Bonchev–Trinajstić information content (AvgIpc) is 2.79. The normalized spacial score (nSPS) is 18.5. The quantitative estimate of drug-likeness (QED) is 0.119. The summed E-state index contributed by atoms with van der Waals surface area (Å²) < 4.78 is 0. The first-order chi connectivity index (χ1) is 14.3. The van der Waals surface area contributed by atoms with Crippen molar-refractivity contribution in [3.8, 4) is 0 Å². The minimum absolute atomic E-state index is 0.0258. The van der Waals surface area contributed by atoms with Gasteiger partial charge in [0.2, 0.25) is 0 Å². The summed E-state index contributed by atoms with van der Waals surface area (Å²) >= 11 is 0. The highest BCUT2D eigenvalue weighted by atomic mass is 16.4. The highest BCUT2D eigenvalue weighted by molar-refractivity contribution is 5.73. The van der Waals surface area contributed by atoms with Crippen LogP contribution in [-0.4, -0.2) is 160 Å². The SMILES string of the molecule is O=CC(O)C(O)C(O)C(O)C(=O)O.O=CC(O)C(O)C(O)C(O)CO.OCC(O)CO. The largest absolute Gasteiger partial charge is 0.479 e. The third kappa shape index (κ3) is 14.9. The number of aliphatic hydroxyl groups is 12. The van der Waals surface area contributed by atoms with E-state index >= 15 is 0 Å². The fraction of sp³-hybridized carbons (Fsp3) is 0.800. The van der Waals surface area contributed by atoms with Gasteiger partial charge in [0.15, 0.2) is 18.7 Å². The van der Waals surface area contributed by atoms with E-state index in [0.717, 1.165) is 0 Å². The van der Waals surface area contributed by atoms with Crippen molar-refractivity contribution in [3.05, 3.63) is 0 Å². The lowest BCUT2D eigenvalue weighted by Gasteiger charge is -2.22. The van der Waals surface area contributed by atoms with Crippen LogP contribution < -0.4 is 0 Å². The lowest BCUT2D eigenvalue weighted by molar-refractivity contribution is -0.163. The second-order valence-corrected chi connectivity index (χ2v) is 5.77. The van der Waals surface area contributed by atoms with E-state index in [2.05, 4.69) is 0 Å². The molecule has 0 fully saturated rings. The number of carboxylic acids is 1. The number of carboxylic acid groups (broad SMARTS) is 1. The Morgan fingerprint density at radius 2 is 0.968 bits per heavy atom. The molecular weight excluding hydrogens is 436 g/mol. The molecule has 0 bridgehead atoms. The second-order valence-electron chi connectivity index (χ2n) is 5.77. The van der Waals surface area contributed by atoms with Crippen molar-refractivity contribution in [3.63, 3.8) is 0 Å². The van der Waals surface area contributed by atoms with Gasteiger partial charge in [-0.15, -0.1) is 0 Å². The molecule has 0 aromatic heterocycles. The summed E-state index contributed by atoms with van der Waals surface area (Å²) in [5, 5.41) is 111. The molecule has 16 nitrogen and oxygen atoms in total. The van der Waals surface area contributed by atoms with Crippen LogP contribution >= 0.6 is 0 Å². The van der Waals surface area contributed by atoms with Crippen LogP contribution in [0.5, 0.6) is 0 Å². The topological polar surface area (TPSA) is 314 Å². The Labute approximate surface area is 175 Å². The van der Waals surface area contributed by atoms with E-state index in [4.69, 9.17) is 66.4 Å². The third-order valence-electron chi connectivity index (χ3n) is 3.26. The molecule has 31 heavy (non-hydrogen) atoms. The van der Waals surface area contributed by atoms with Crippen LogP contribution in [0, 0.1) is 0 Å². The molecule has 0 aromatic rings. The molecule has 0 amide bonds. The molecule has 0 aromatic carbocycles. The fourth-order valence-electron chi connectivity index (χ4n) is 1.29. The van der Waals surface area contributed by atoms with Gasteiger partial charge < -0.3 is 76.0 Å². The monoisotopic (exact) mass is 466 g/mol. The molecule has 0 rings (SSSR count). The van der Waals surface area contributed by atoms with Gasteiger partial charge in [-0.05, 0) is 0 Å². The summed E-state index contributed by atoms with van der Waals surface area (Å²) in [6.07, 6.45) is -16.2. The van der Waals surface area contributed by atoms with Gasteiger partial charge in [0.05, 0.1) is 19.8 Å². The van der Waals surface area contributed by atoms with Crippen LogP contribution in [0.2, 0.25) is 0 Å². The lowest BCUT2D eigenvalue weighted by Crippen LogP contribution is -2.48. The van der Waals surface area contributed by atoms with Crippen LogP contribution in [0.1, 0.15) is 0 Å². The van der Waals surface area contributed by atoms with Gasteiger partial charge in [0.25, 0.3) is 0 Å². The molecule has 0 spiro atoms. The van der Waals surface area contributed by atoms with Crippen LogP contribution in [0.4, 0.5) is 0 Å². The molecule has 8 unspecified atom stereocenters. The maximum absolute atomic E-state index is 10.1. The van der Waals surface area contributed by atoms with E-state index in [9.17, 15) is 14.4 Å². The molecule has 0 saturated carbocycles. The lowest BCUT2D eigenvalue weighted by atomic mass is 10.0. The van der Waals surface area contributed by atoms with Crippen molar-refractivity contribution in [2.24, 2.45) is 0 Å². The van der Waals surface area contributed by atoms with Crippen molar-refractivity contribution in [1.29, 1.82) is 0 Å². The zero-order valence-corrected chi connectivity index (χ0v) is 16.0. The summed E-state index contributed by atoms with van der Waals surface area (Å²) in [5.41, 5.74) is 0. The molecule has 0 aliphatic carbocycles. The van der Waals surface area contributed by atoms with Crippen molar-refractivity contribution in [2.45, 2.75) is 54.9 Å². The number of carbonyl (C=O) groups is 3. The Morgan fingerprint density at radius 1 is 0.613 bits per heavy atom. The number of rotatable bonds is 12. The van der Waals surface area contributed by atoms with Gasteiger partial charge >= 0.3 is 5.97 Å². The molecule has 13 N–H and O–H groups in total. The Morgan fingerprint density at radius 3 is 1.19 bits per heavy atom. The van der Waals surface area contributed by atoms with Gasteiger partial charge in [0, 0.05) is 0 Å². The van der Waals surface area contributed by atoms with Crippen molar-refractivity contribution in [1.82, 2.24) is 0 Å². The first kappa shape index (κ1) is 34.0. The molecule has 16 heteroatoms. The summed E-state index contributed by atoms with van der Waals surface area (Å²) in [6, 6.07) is 0. The maximum atomic E-state index is 10.1. The van der Waals surface area contributed by atoms with Crippen molar-refractivity contribution in [2.75, 3.05) is 19.8 Å². The molecule has 0 aliphatic heterocycles. The minimum Gasteiger partial charge on any atom is -0.479 e. The number of hydrogen-bond acceptors (Lipinski definition) is 15. The van der Waals surface area contributed by atoms with Crippen molar-refractivity contribution >= 4 is 18.5 Å². The van der Waals surface area contributed by atoms with Gasteiger partial charge in [0.1, 0.15) is 48.8 Å². The van der Waals surface area contributed by atoms with Gasteiger partial charge in [-0.1, -0.05) is 0 Å². The molecule has 0 radical (unpaired) electrons. The Kier molecular flexibility index (Phi) is 20.9. The zero-order valence-electron chi connectivity index (χ0n) is 16.0. The molecule has 0 heterocycles. The Bertz CT molecular complexity index is 472. The van der Waals surface area contributed by atoms with E-state index in [0.29, 0.717) is 0 Å². The van der Waals surface area contributed by atoms with Crippen LogP contribution in [0.25, 0.3) is 0 Å². The summed E-state index contributed by atoms with van der Waals surface area (Å²) in [4.78, 5) is 29.9. The third-order valence-corrected chi connectivity index (χ3v) is 3.26. The van der Waals surface area contributed by atoms with Gasteiger partial charge in [-0.2, -0.15) is 0 Å². The predicted octanol–water partition coefficient (Wildman–Crippen LogP) is -8.33. The summed E-state index contributed by atoms with van der Waals surface area (Å²) in [7, 11) is 0. The van der Waals surface area contributed by atoms with E-state index < -0.39 is 67.5 Å². The smallest absolute Gasteiger partial charge is 0.335 e. The predicted molar refractivity (Wildman–Crippen MR) is 95.1 cm³/mol. The molecule has 8 atom stereocenters. The van der Waals surface area contributed by atoms with Crippen LogP contribution in [-0.2, 0) is 14.4 Å². The second kappa shape index (κ2) is 19.0. The highest BCUT2D eigenvalue weighted by Crippen LogP contribution is 2.04. The van der Waals surface area contributed by atoms with Gasteiger partial charge in [-0.25, -0.2) is 4.79 Å². The van der Waals surface area contributed by atoms with E-state index in [1.165, 1.54) is 0 Å². The number of aldehydes is 2. The first-order valence-electron chi connectivity index (χ1n) is 8.35. The number of aliphatic carboxylic acids is 1. The standard InChI is InChI=1S/C6H10O7.C6H12O6.C3H8O3/c7-1-2(8)3(9)4(10)5(11)6(12)13;7-1-3(9)5(11)6(12)4(10)2-8;4-1-3(6)2-5/h1-5,8-11H,(H,12,13);1,3-6,8-12H,2H2;3-6H,1-2H2. The molecule has 0 aliphatic rings. The van der Waals surface area contributed by atoms with Crippen LogP contribution in [0.3, 0.4) is 0 Å². The zero-order chi connectivity index (χ0) is 25.3. The van der Waals surface area contributed by atoms with Crippen molar-refractivity contribution < 1.29 is 80.8 Å². The first-order valence-corrected chi connectivity index (χ1v) is 8.35. The number of carbonyl (C=O) groups excluding carboxylic acids is 2. The van der Waals surface area contributed by atoms with E-state index in [-0.39, 0.29) is 25.8 Å².